The molecule has 29 heavy (non-hydrogen) atoms. The molecular weight excluding hydrogens is 362 g/mol. The number of pyridine rings is 1. The van der Waals surface area contributed by atoms with E-state index in [2.05, 4.69) is 6.07 Å². The van der Waals surface area contributed by atoms with Gasteiger partial charge in [-0.2, -0.15) is 0 Å². The Balaban J connectivity index is 1.92. The van der Waals surface area contributed by atoms with Crippen LogP contribution in [0, 0.1) is 17.0 Å². The molecule has 5 heteroatoms. The van der Waals surface area contributed by atoms with Gasteiger partial charge in [0, 0.05) is 28.7 Å². The standard InChI is InChI=1S/C24H17N3O2/c1-16-10-12-18(13-11-16)26-23(20-8-4-5-9-22(20)27(28)29)14-21-19-7-3-2-6-17(19)15-25-24(21)26/h2-15H,1H3. The first kappa shape index (κ1) is 17.1. The summed E-state index contributed by atoms with van der Waals surface area (Å²) in [6.45, 7) is 2.03. The number of fused-ring (bicyclic) bond motifs is 3. The largest absolute Gasteiger partial charge is 0.294 e. The number of nitrogens with zero attached hydrogens (tertiary/aromatic N) is 3. The van der Waals surface area contributed by atoms with Crippen molar-refractivity contribution in [2.24, 2.45) is 0 Å². The van der Waals surface area contributed by atoms with E-state index >= 15 is 0 Å². The quantitative estimate of drug-likeness (QED) is 0.283. The average molecular weight is 379 g/mol. The van der Waals surface area contributed by atoms with E-state index < -0.39 is 0 Å². The van der Waals surface area contributed by atoms with Crippen LogP contribution in [0.5, 0.6) is 0 Å². The third kappa shape index (κ3) is 2.75. The van der Waals surface area contributed by atoms with Gasteiger partial charge in [-0.3, -0.25) is 14.7 Å². The lowest BCUT2D eigenvalue weighted by molar-refractivity contribution is -0.384. The van der Waals surface area contributed by atoms with Crippen LogP contribution in [0.3, 0.4) is 0 Å². The Kier molecular flexibility index (Phi) is 3.88. The number of hydrogen-bond acceptors (Lipinski definition) is 3. The zero-order chi connectivity index (χ0) is 20.0. The summed E-state index contributed by atoms with van der Waals surface area (Å²) in [6, 6.07) is 25.0. The van der Waals surface area contributed by atoms with Crippen molar-refractivity contribution in [1.82, 2.24) is 9.55 Å². The van der Waals surface area contributed by atoms with E-state index in [4.69, 9.17) is 4.98 Å². The average Bonchev–Trinajstić information content (AvgIpc) is 3.14. The van der Waals surface area contributed by atoms with Crippen molar-refractivity contribution < 1.29 is 4.92 Å². The van der Waals surface area contributed by atoms with E-state index in [0.717, 1.165) is 38.8 Å². The molecule has 0 saturated carbocycles. The van der Waals surface area contributed by atoms with Crippen molar-refractivity contribution in [1.29, 1.82) is 0 Å². The molecule has 2 heterocycles. The second-order valence-corrected chi connectivity index (χ2v) is 7.06. The summed E-state index contributed by atoms with van der Waals surface area (Å²) in [5.74, 6) is 0. The minimum absolute atomic E-state index is 0.0768. The lowest BCUT2D eigenvalue weighted by Crippen LogP contribution is -2.00. The Morgan fingerprint density at radius 1 is 0.897 bits per heavy atom. The Morgan fingerprint density at radius 2 is 1.62 bits per heavy atom. The molecule has 0 atom stereocenters. The Morgan fingerprint density at radius 3 is 2.41 bits per heavy atom. The molecule has 0 N–H and O–H groups in total. The number of aryl methyl sites for hydroxylation is 1. The number of aromatic nitrogens is 2. The SMILES string of the molecule is Cc1ccc(-n2c(-c3ccccc3[N+](=O)[O-])cc3c4ccccc4cnc32)cc1. The van der Waals surface area contributed by atoms with E-state index in [-0.39, 0.29) is 10.6 Å². The highest BCUT2D eigenvalue weighted by molar-refractivity contribution is 6.07. The summed E-state index contributed by atoms with van der Waals surface area (Å²) >= 11 is 0. The maximum absolute atomic E-state index is 11.7. The third-order valence-corrected chi connectivity index (χ3v) is 5.22. The third-order valence-electron chi connectivity index (χ3n) is 5.22. The number of rotatable bonds is 3. The maximum atomic E-state index is 11.7. The molecule has 0 aliphatic heterocycles. The predicted octanol–water partition coefficient (Wildman–Crippen LogP) is 6.06. The lowest BCUT2D eigenvalue weighted by Gasteiger charge is -2.11. The van der Waals surface area contributed by atoms with Crippen LogP contribution < -0.4 is 0 Å². The number of para-hydroxylation sites is 1. The fourth-order valence-corrected chi connectivity index (χ4v) is 3.81. The zero-order valence-corrected chi connectivity index (χ0v) is 15.7. The van der Waals surface area contributed by atoms with Gasteiger partial charge in [-0.05, 0) is 36.6 Å². The van der Waals surface area contributed by atoms with Crippen LogP contribution in [0.4, 0.5) is 5.69 Å². The fourth-order valence-electron chi connectivity index (χ4n) is 3.81. The van der Waals surface area contributed by atoms with Crippen molar-refractivity contribution in [2.75, 3.05) is 0 Å². The van der Waals surface area contributed by atoms with Gasteiger partial charge in [0.25, 0.3) is 5.69 Å². The van der Waals surface area contributed by atoms with E-state index in [1.807, 2.05) is 72.3 Å². The van der Waals surface area contributed by atoms with Crippen molar-refractivity contribution in [3.05, 3.63) is 101 Å². The van der Waals surface area contributed by atoms with Crippen molar-refractivity contribution in [2.45, 2.75) is 6.92 Å². The summed E-state index contributed by atoms with van der Waals surface area (Å²) in [4.78, 5) is 16.1. The normalized spacial score (nSPS) is 11.2. The second kappa shape index (κ2) is 6.56. The molecule has 0 aliphatic carbocycles. The van der Waals surface area contributed by atoms with Gasteiger partial charge in [-0.25, -0.2) is 4.98 Å². The van der Waals surface area contributed by atoms with Crippen LogP contribution in [0.2, 0.25) is 0 Å². The van der Waals surface area contributed by atoms with Gasteiger partial charge in [-0.1, -0.05) is 54.1 Å². The fraction of sp³-hybridized carbons (Fsp3) is 0.0417. The molecule has 0 fully saturated rings. The topological polar surface area (TPSA) is 61.0 Å². The molecule has 5 nitrogen and oxygen atoms in total. The molecule has 3 aromatic carbocycles. The monoisotopic (exact) mass is 379 g/mol. The first-order chi connectivity index (χ1) is 14.1. The maximum Gasteiger partial charge on any atom is 0.278 e. The number of nitro groups is 1. The highest BCUT2D eigenvalue weighted by atomic mass is 16.6. The molecule has 5 aromatic rings. The molecule has 0 aliphatic rings. The van der Waals surface area contributed by atoms with Crippen LogP contribution >= 0.6 is 0 Å². The molecule has 140 valence electrons. The van der Waals surface area contributed by atoms with Crippen LogP contribution in [0.25, 0.3) is 38.8 Å². The molecule has 2 aromatic heterocycles. The van der Waals surface area contributed by atoms with E-state index in [0.29, 0.717) is 5.56 Å². The minimum atomic E-state index is -0.335. The molecule has 0 bridgehead atoms. The predicted molar refractivity (Wildman–Crippen MR) is 115 cm³/mol. The molecule has 0 saturated heterocycles. The summed E-state index contributed by atoms with van der Waals surface area (Å²) < 4.78 is 2.00. The molecule has 0 amide bonds. The number of nitro benzene ring substituents is 1. The van der Waals surface area contributed by atoms with Crippen molar-refractivity contribution in [3.63, 3.8) is 0 Å². The van der Waals surface area contributed by atoms with Crippen LogP contribution in [0.1, 0.15) is 5.56 Å². The molecule has 0 unspecified atom stereocenters. The van der Waals surface area contributed by atoms with Gasteiger partial charge in [0.1, 0.15) is 5.65 Å². The lowest BCUT2D eigenvalue weighted by atomic mass is 10.1. The van der Waals surface area contributed by atoms with Gasteiger partial charge in [0.15, 0.2) is 0 Å². The highest BCUT2D eigenvalue weighted by Gasteiger charge is 2.21. The van der Waals surface area contributed by atoms with E-state index in [9.17, 15) is 10.1 Å². The molecule has 5 rings (SSSR count). The van der Waals surface area contributed by atoms with Crippen LogP contribution in [-0.2, 0) is 0 Å². The second-order valence-electron chi connectivity index (χ2n) is 7.06. The van der Waals surface area contributed by atoms with Gasteiger partial charge in [-0.15, -0.1) is 0 Å². The zero-order valence-electron chi connectivity index (χ0n) is 15.7. The smallest absolute Gasteiger partial charge is 0.278 e. The highest BCUT2D eigenvalue weighted by Crippen LogP contribution is 2.37. The van der Waals surface area contributed by atoms with Crippen molar-refractivity contribution >= 4 is 27.5 Å². The van der Waals surface area contributed by atoms with Gasteiger partial charge in [0.05, 0.1) is 16.2 Å². The van der Waals surface area contributed by atoms with Gasteiger partial charge >= 0.3 is 0 Å². The number of hydrogen-bond donors (Lipinski definition) is 0. The Hall–Kier alpha value is -3.99. The summed E-state index contributed by atoms with van der Waals surface area (Å²) in [7, 11) is 0. The summed E-state index contributed by atoms with van der Waals surface area (Å²) in [5, 5.41) is 14.8. The van der Waals surface area contributed by atoms with E-state index in [1.54, 1.807) is 12.1 Å². The van der Waals surface area contributed by atoms with Crippen molar-refractivity contribution in [3.8, 4) is 16.9 Å². The van der Waals surface area contributed by atoms with Gasteiger partial charge in [0.2, 0.25) is 0 Å². The first-order valence-corrected chi connectivity index (χ1v) is 9.33. The Labute approximate surface area is 167 Å². The first-order valence-electron chi connectivity index (χ1n) is 9.33. The molecule has 0 spiro atoms. The van der Waals surface area contributed by atoms with Crippen LogP contribution in [-0.4, -0.2) is 14.5 Å². The number of benzene rings is 3. The minimum Gasteiger partial charge on any atom is -0.294 e. The Bertz CT molecular complexity index is 1380. The summed E-state index contributed by atoms with van der Waals surface area (Å²) in [5.41, 5.74) is 4.24. The molecular formula is C24H17N3O2. The van der Waals surface area contributed by atoms with Gasteiger partial charge < -0.3 is 0 Å². The van der Waals surface area contributed by atoms with Crippen LogP contribution in [0.15, 0.2) is 85.1 Å². The molecule has 0 radical (unpaired) electrons. The van der Waals surface area contributed by atoms with E-state index in [1.165, 1.54) is 6.07 Å². The summed E-state index contributed by atoms with van der Waals surface area (Å²) in [6.07, 6.45) is 1.85.